The SMILES string of the molecule is CC(CCNc1nccc2occc12)CCC(=O)O. The maximum absolute atomic E-state index is 10.5. The van der Waals surface area contributed by atoms with E-state index in [9.17, 15) is 4.79 Å². The van der Waals surface area contributed by atoms with Crippen LogP contribution in [-0.2, 0) is 4.79 Å². The molecular formula is C14H18N2O3. The number of aromatic nitrogens is 1. The highest BCUT2D eigenvalue weighted by Crippen LogP contribution is 2.22. The molecule has 0 bridgehead atoms. The Labute approximate surface area is 111 Å². The summed E-state index contributed by atoms with van der Waals surface area (Å²) < 4.78 is 5.31. The molecule has 2 aromatic rings. The number of carboxylic acids is 1. The van der Waals surface area contributed by atoms with Crippen molar-refractivity contribution < 1.29 is 14.3 Å². The number of fused-ring (bicyclic) bond motifs is 1. The summed E-state index contributed by atoms with van der Waals surface area (Å²) in [5.41, 5.74) is 0.816. The summed E-state index contributed by atoms with van der Waals surface area (Å²) in [6.45, 7) is 2.84. The van der Waals surface area contributed by atoms with Gasteiger partial charge in [0.2, 0.25) is 0 Å². The van der Waals surface area contributed by atoms with E-state index in [1.165, 1.54) is 0 Å². The van der Waals surface area contributed by atoms with Gasteiger partial charge in [-0.1, -0.05) is 6.92 Å². The number of carbonyl (C=O) groups is 1. The van der Waals surface area contributed by atoms with Crippen LogP contribution in [0.5, 0.6) is 0 Å². The molecule has 0 aliphatic heterocycles. The van der Waals surface area contributed by atoms with Crippen LogP contribution in [-0.4, -0.2) is 22.6 Å². The third kappa shape index (κ3) is 3.71. The second kappa shape index (κ2) is 6.22. The van der Waals surface area contributed by atoms with Gasteiger partial charge in [-0.3, -0.25) is 4.79 Å². The molecule has 5 nitrogen and oxygen atoms in total. The molecule has 19 heavy (non-hydrogen) atoms. The number of nitrogens with zero attached hydrogens (tertiary/aromatic N) is 1. The highest BCUT2D eigenvalue weighted by Gasteiger charge is 2.07. The van der Waals surface area contributed by atoms with Gasteiger partial charge < -0.3 is 14.8 Å². The van der Waals surface area contributed by atoms with Gasteiger partial charge >= 0.3 is 5.97 Å². The Balaban J connectivity index is 1.82. The van der Waals surface area contributed by atoms with E-state index in [1.807, 2.05) is 12.1 Å². The molecule has 0 saturated carbocycles. The Morgan fingerprint density at radius 3 is 3.11 bits per heavy atom. The topological polar surface area (TPSA) is 75.4 Å². The molecule has 2 aromatic heterocycles. The van der Waals surface area contributed by atoms with E-state index >= 15 is 0 Å². The molecule has 0 amide bonds. The van der Waals surface area contributed by atoms with Crippen molar-refractivity contribution in [2.75, 3.05) is 11.9 Å². The lowest BCUT2D eigenvalue weighted by Crippen LogP contribution is -2.09. The molecule has 2 N–H and O–H groups in total. The van der Waals surface area contributed by atoms with Crippen LogP contribution in [0.25, 0.3) is 11.0 Å². The standard InChI is InChI=1S/C14H18N2O3/c1-10(2-3-13(17)18)4-7-15-14-11-6-9-19-12(11)5-8-16-14/h5-6,8-10H,2-4,7H2,1H3,(H,15,16)(H,17,18). The van der Waals surface area contributed by atoms with E-state index in [2.05, 4.69) is 17.2 Å². The van der Waals surface area contributed by atoms with Gasteiger partial charge in [-0.2, -0.15) is 0 Å². The zero-order valence-corrected chi connectivity index (χ0v) is 10.9. The molecule has 0 saturated heterocycles. The van der Waals surface area contributed by atoms with Gasteiger partial charge in [0.15, 0.2) is 0 Å². The van der Waals surface area contributed by atoms with Crippen molar-refractivity contribution in [2.45, 2.75) is 26.2 Å². The minimum Gasteiger partial charge on any atom is -0.481 e. The normalized spacial score (nSPS) is 12.5. The fourth-order valence-corrected chi connectivity index (χ4v) is 1.99. The van der Waals surface area contributed by atoms with Crippen molar-refractivity contribution in [1.29, 1.82) is 0 Å². The molecule has 0 fully saturated rings. The predicted octanol–water partition coefficient (Wildman–Crippen LogP) is 3.13. The Bertz CT molecular complexity index is 550. The molecule has 2 rings (SSSR count). The average Bonchev–Trinajstić information content (AvgIpc) is 2.85. The molecular weight excluding hydrogens is 244 g/mol. The predicted molar refractivity (Wildman–Crippen MR) is 73.1 cm³/mol. The summed E-state index contributed by atoms with van der Waals surface area (Å²) in [7, 11) is 0. The summed E-state index contributed by atoms with van der Waals surface area (Å²) in [6.07, 6.45) is 5.22. The van der Waals surface area contributed by atoms with Crippen LogP contribution in [0.3, 0.4) is 0 Å². The van der Waals surface area contributed by atoms with Crippen LogP contribution >= 0.6 is 0 Å². The number of anilines is 1. The van der Waals surface area contributed by atoms with Crippen LogP contribution in [0.1, 0.15) is 26.2 Å². The van der Waals surface area contributed by atoms with Gasteiger partial charge in [-0.25, -0.2) is 4.98 Å². The summed E-state index contributed by atoms with van der Waals surface area (Å²) in [6, 6.07) is 3.72. The molecule has 5 heteroatoms. The van der Waals surface area contributed by atoms with E-state index in [4.69, 9.17) is 9.52 Å². The maximum atomic E-state index is 10.5. The molecule has 0 aliphatic carbocycles. The van der Waals surface area contributed by atoms with Crippen molar-refractivity contribution >= 4 is 22.8 Å². The Hall–Kier alpha value is -2.04. The number of rotatable bonds is 7. The van der Waals surface area contributed by atoms with Gasteiger partial charge in [-0.05, 0) is 30.9 Å². The van der Waals surface area contributed by atoms with Gasteiger partial charge in [0.25, 0.3) is 0 Å². The first-order valence-corrected chi connectivity index (χ1v) is 6.44. The molecule has 0 aromatic carbocycles. The minimum absolute atomic E-state index is 0.233. The van der Waals surface area contributed by atoms with Crippen molar-refractivity contribution in [3.63, 3.8) is 0 Å². The van der Waals surface area contributed by atoms with E-state index < -0.39 is 5.97 Å². The summed E-state index contributed by atoms with van der Waals surface area (Å²) in [5.74, 6) is 0.466. The summed E-state index contributed by atoms with van der Waals surface area (Å²) in [5, 5.41) is 12.9. The number of hydrogen-bond donors (Lipinski definition) is 2. The fourth-order valence-electron chi connectivity index (χ4n) is 1.99. The quantitative estimate of drug-likeness (QED) is 0.801. The zero-order valence-electron chi connectivity index (χ0n) is 10.9. The molecule has 0 aliphatic rings. The van der Waals surface area contributed by atoms with Crippen molar-refractivity contribution in [1.82, 2.24) is 4.98 Å². The van der Waals surface area contributed by atoms with Gasteiger partial charge in [0.1, 0.15) is 11.4 Å². The van der Waals surface area contributed by atoms with E-state index in [0.717, 1.165) is 29.8 Å². The van der Waals surface area contributed by atoms with Crippen LogP contribution in [0.4, 0.5) is 5.82 Å². The first-order valence-electron chi connectivity index (χ1n) is 6.44. The third-order valence-corrected chi connectivity index (χ3v) is 3.16. The largest absolute Gasteiger partial charge is 0.481 e. The van der Waals surface area contributed by atoms with E-state index in [-0.39, 0.29) is 6.42 Å². The Morgan fingerprint density at radius 1 is 1.47 bits per heavy atom. The highest BCUT2D eigenvalue weighted by molar-refractivity contribution is 5.87. The number of carboxylic acid groups (broad SMARTS) is 1. The van der Waals surface area contributed by atoms with Crippen molar-refractivity contribution in [3.05, 3.63) is 24.6 Å². The lowest BCUT2D eigenvalue weighted by molar-refractivity contribution is -0.137. The molecule has 0 spiro atoms. The maximum Gasteiger partial charge on any atom is 0.303 e. The van der Waals surface area contributed by atoms with E-state index in [0.29, 0.717) is 12.3 Å². The zero-order chi connectivity index (χ0) is 13.7. The van der Waals surface area contributed by atoms with Gasteiger partial charge in [0, 0.05) is 19.2 Å². The monoisotopic (exact) mass is 262 g/mol. The fraction of sp³-hybridized carbons (Fsp3) is 0.429. The highest BCUT2D eigenvalue weighted by atomic mass is 16.4. The van der Waals surface area contributed by atoms with Crippen LogP contribution in [0.15, 0.2) is 29.0 Å². The third-order valence-electron chi connectivity index (χ3n) is 3.16. The average molecular weight is 262 g/mol. The molecule has 0 radical (unpaired) electrons. The van der Waals surface area contributed by atoms with Crippen LogP contribution in [0.2, 0.25) is 0 Å². The minimum atomic E-state index is -0.732. The van der Waals surface area contributed by atoms with Crippen molar-refractivity contribution in [3.8, 4) is 0 Å². The number of nitrogens with one attached hydrogen (secondary N) is 1. The van der Waals surface area contributed by atoms with E-state index in [1.54, 1.807) is 12.5 Å². The Kier molecular flexibility index (Phi) is 4.39. The summed E-state index contributed by atoms with van der Waals surface area (Å²) in [4.78, 5) is 14.8. The van der Waals surface area contributed by atoms with Crippen LogP contribution in [0, 0.1) is 5.92 Å². The lowest BCUT2D eigenvalue weighted by Gasteiger charge is -2.11. The first kappa shape index (κ1) is 13.4. The number of furan rings is 1. The van der Waals surface area contributed by atoms with Gasteiger partial charge in [-0.15, -0.1) is 0 Å². The second-order valence-electron chi connectivity index (χ2n) is 4.75. The molecule has 1 unspecified atom stereocenters. The lowest BCUT2D eigenvalue weighted by atomic mass is 10.0. The van der Waals surface area contributed by atoms with Crippen molar-refractivity contribution in [2.24, 2.45) is 5.92 Å². The number of aliphatic carboxylic acids is 1. The molecule has 102 valence electrons. The summed E-state index contributed by atoms with van der Waals surface area (Å²) >= 11 is 0. The smallest absolute Gasteiger partial charge is 0.303 e. The number of pyridine rings is 1. The van der Waals surface area contributed by atoms with Gasteiger partial charge in [0.05, 0.1) is 11.6 Å². The molecule has 2 heterocycles. The molecule has 1 atom stereocenters. The van der Waals surface area contributed by atoms with Crippen LogP contribution < -0.4 is 5.32 Å². The Morgan fingerprint density at radius 2 is 2.32 bits per heavy atom. The second-order valence-corrected chi connectivity index (χ2v) is 4.75. The first-order chi connectivity index (χ1) is 9.16. The number of hydrogen-bond acceptors (Lipinski definition) is 4.